The van der Waals surface area contributed by atoms with Crippen LogP contribution in [0.15, 0.2) is 24.3 Å². The minimum atomic E-state index is -1.23. The maximum absolute atomic E-state index is 9.30. The standard InChI is InChI=1S/C14H24O2/c1-3-7-11(2)12-8-5-4-6-9-13(10-12)14(15)16/h6,9,12-16H,2-5,7-8,10H2,1H3. The van der Waals surface area contributed by atoms with Crippen LogP contribution < -0.4 is 0 Å². The van der Waals surface area contributed by atoms with Crippen molar-refractivity contribution in [3.05, 3.63) is 24.3 Å². The van der Waals surface area contributed by atoms with Gasteiger partial charge in [-0.2, -0.15) is 0 Å². The smallest absolute Gasteiger partial charge is 0.157 e. The van der Waals surface area contributed by atoms with E-state index in [1.54, 1.807) is 0 Å². The third-order valence-corrected chi connectivity index (χ3v) is 3.39. The van der Waals surface area contributed by atoms with E-state index in [1.807, 2.05) is 6.08 Å². The molecule has 0 fully saturated rings. The molecule has 0 aromatic rings. The number of allylic oxidation sites excluding steroid dienone is 2. The fourth-order valence-corrected chi connectivity index (χ4v) is 2.40. The molecule has 0 heterocycles. The van der Waals surface area contributed by atoms with E-state index in [9.17, 15) is 10.2 Å². The highest BCUT2D eigenvalue weighted by atomic mass is 16.5. The van der Waals surface area contributed by atoms with Crippen LogP contribution >= 0.6 is 0 Å². The van der Waals surface area contributed by atoms with Gasteiger partial charge in [-0.05, 0) is 38.0 Å². The maximum Gasteiger partial charge on any atom is 0.157 e. The lowest BCUT2D eigenvalue weighted by Gasteiger charge is -2.26. The number of aliphatic hydroxyl groups excluding tert-OH is 1. The molecule has 0 saturated heterocycles. The van der Waals surface area contributed by atoms with Crippen LogP contribution in [-0.2, 0) is 0 Å². The third kappa shape index (κ3) is 4.11. The summed E-state index contributed by atoms with van der Waals surface area (Å²) < 4.78 is 0. The van der Waals surface area contributed by atoms with Crippen molar-refractivity contribution in [2.75, 3.05) is 0 Å². The topological polar surface area (TPSA) is 40.5 Å². The zero-order valence-electron chi connectivity index (χ0n) is 10.2. The van der Waals surface area contributed by atoms with E-state index in [0.717, 1.165) is 32.1 Å². The predicted molar refractivity (Wildman–Crippen MR) is 66.9 cm³/mol. The fraction of sp³-hybridized carbons (Fsp3) is 0.714. The summed E-state index contributed by atoms with van der Waals surface area (Å²) in [6.45, 7) is 6.31. The molecule has 0 amide bonds. The summed E-state index contributed by atoms with van der Waals surface area (Å²) in [5.74, 6) is 0.329. The second kappa shape index (κ2) is 6.87. The summed E-state index contributed by atoms with van der Waals surface area (Å²) in [6, 6.07) is 0. The summed E-state index contributed by atoms with van der Waals surface area (Å²) in [4.78, 5) is 0. The summed E-state index contributed by atoms with van der Waals surface area (Å²) >= 11 is 0. The summed E-state index contributed by atoms with van der Waals surface area (Å²) in [5.41, 5.74) is 1.28. The maximum atomic E-state index is 9.30. The van der Waals surface area contributed by atoms with Gasteiger partial charge in [0.15, 0.2) is 6.29 Å². The lowest BCUT2D eigenvalue weighted by atomic mass is 9.82. The van der Waals surface area contributed by atoms with Crippen molar-refractivity contribution in [3.8, 4) is 0 Å². The van der Waals surface area contributed by atoms with Crippen LogP contribution in [-0.4, -0.2) is 16.5 Å². The minimum absolute atomic E-state index is 0.126. The van der Waals surface area contributed by atoms with Gasteiger partial charge in [-0.3, -0.25) is 0 Å². The predicted octanol–water partition coefficient (Wildman–Crippen LogP) is 3.02. The Morgan fingerprint density at radius 1 is 1.50 bits per heavy atom. The molecular weight excluding hydrogens is 200 g/mol. The largest absolute Gasteiger partial charge is 0.368 e. The summed E-state index contributed by atoms with van der Waals surface area (Å²) in [7, 11) is 0. The van der Waals surface area contributed by atoms with Crippen molar-refractivity contribution in [2.24, 2.45) is 11.8 Å². The molecule has 2 N–H and O–H groups in total. The zero-order chi connectivity index (χ0) is 12.0. The summed E-state index contributed by atoms with van der Waals surface area (Å²) in [6.07, 6.45) is 9.15. The monoisotopic (exact) mass is 224 g/mol. The molecule has 2 nitrogen and oxygen atoms in total. The quantitative estimate of drug-likeness (QED) is 0.569. The van der Waals surface area contributed by atoms with E-state index < -0.39 is 6.29 Å². The van der Waals surface area contributed by atoms with Gasteiger partial charge < -0.3 is 10.2 Å². The van der Waals surface area contributed by atoms with Crippen molar-refractivity contribution < 1.29 is 10.2 Å². The van der Waals surface area contributed by atoms with Gasteiger partial charge in [0.25, 0.3) is 0 Å². The highest BCUT2D eigenvalue weighted by Crippen LogP contribution is 2.30. The van der Waals surface area contributed by atoms with Gasteiger partial charge in [0.1, 0.15) is 0 Å². The van der Waals surface area contributed by atoms with E-state index in [0.29, 0.717) is 5.92 Å². The Morgan fingerprint density at radius 2 is 2.25 bits per heavy atom. The van der Waals surface area contributed by atoms with Crippen LogP contribution in [0, 0.1) is 11.8 Å². The zero-order valence-corrected chi connectivity index (χ0v) is 10.2. The van der Waals surface area contributed by atoms with Gasteiger partial charge in [0, 0.05) is 5.92 Å². The van der Waals surface area contributed by atoms with Crippen LogP contribution in [0.3, 0.4) is 0 Å². The molecule has 0 aromatic heterocycles. The Balaban J connectivity index is 2.63. The van der Waals surface area contributed by atoms with E-state index in [2.05, 4.69) is 19.6 Å². The number of hydrogen-bond donors (Lipinski definition) is 2. The van der Waals surface area contributed by atoms with Gasteiger partial charge in [0.05, 0.1) is 0 Å². The van der Waals surface area contributed by atoms with Gasteiger partial charge in [-0.1, -0.05) is 37.6 Å². The number of hydrogen-bond acceptors (Lipinski definition) is 2. The van der Waals surface area contributed by atoms with Crippen LogP contribution in [0.4, 0.5) is 0 Å². The van der Waals surface area contributed by atoms with Crippen LogP contribution in [0.5, 0.6) is 0 Å². The average molecular weight is 224 g/mol. The molecule has 0 spiro atoms. The summed E-state index contributed by atoms with van der Waals surface area (Å²) in [5, 5.41) is 18.6. The Morgan fingerprint density at radius 3 is 2.88 bits per heavy atom. The van der Waals surface area contributed by atoms with Gasteiger partial charge >= 0.3 is 0 Å². The van der Waals surface area contributed by atoms with Crippen LogP contribution in [0.25, 0.3) is 0 Å². The van der Waals surface area contributed by atoms with Gasteiger partial charge in [0.2, 0.25) is 0 Å². The highest BCUT2D eigenvalue weighted by Gasteiger charge is 2.22. The van der Waals surface area contributed by atoms with Crippen LogP contribution in [0.1, 0.15) is 45.4 Å². The minimum Gasteiger partial charge on any atom is -0.368 e. The average Bonchev–Trinajstić information content (AvgIpc) is 2.16. The molecule has 1 aliphatic carbocycles. The van der Waals surface area contributed by atoms with Crippen molar-refractivity contribution in [1.82, 2.24) is 0 Å². The van der Waals surface area contributed by atoms with Crippen molar-refractivity contribution in [2.45, 2.75) is 51.7 Å². The molecule has 1 rings (SSSR count). The Labute approximate surface area is 98.7 Å². The lowest BCUT2D eigenvalue weighted by Crippen LogP contribution is -2.22. The Bertz CT molecular complexity index is 243. The van der Waals surface area contributed by atoms with E-state index in [1.165, 1.54) is 12.0 Å². The molecule has 0 bridgehead atoms. The second-order valence-corrected chi connectivity index (χ2v) is 4.78. The first-order valence-corrected chi connectivity index (χ1v) is 6.35. The molecule has 2 unspecified atom stereocenters. The third-order valence-electron chi connectivity index (χ3n) is 3.39. The molecule has 0 aromatic carbocycles. The molecule has 0 radical (unpaired) electrons. The van der Waals surface area contributed by atoms with E-state index in [-0.39, 0.29) is 5.92 Å². The van der Waals surface area contributed by atoms with Gasteiger partial charge in [-0.25, -0.2) is 0 Å². The molecule has 16 heavy (non-hydrogen) atoms. The molecule has 0 aliphatic heterocycles. The second-order valence-electron chi connectivity index (χ2n) is 4.78. The van der Waals surface area contributed by atoms with E-state index >= 15 is 0 Å². The van der Waals surface area contributed by atoms with Crippen molar-refractivity contribution in [3.63, 3.8) is 0 Å². The molecule has 92 valence electrons. The Kier molecular flexibility index (Phi) is 5.78. The SMILES string of the molecule is C=C(CCC)C1CCCC=CC(C(O)O)C1. The van der Waals surface area contributed by atoms with Crippen LogP contribution in [0.2, 0.25) is 0 Å². The molecular formula is C14H24O2. The Hall–Kier alpha value is -0.600. The van der Waals surface area contributed by atoms with Crippen molar-refractivity contribution in [1.29, 1.82) is 0 Å². The number of aliphatic hydroxyl groups is 2. The normalized spacial score (nSPS) is 26.5. The first kappa shape index (κ1) is 13.5. The molecule has 0 saturated carbocycles. The van der Waals surface area contributed by atoms with E-state index in [4.69, 9.17) is 0 Å². The lowest BCUT2D eigenvalue weighted by molar-refractivity contribution is -0.0749. The highest BCUT2D eigenvalue weighted by molar-refractivity contribution is 5.04. The van der Waals surface area contributed by atoms with Gasteiger partial charge in [-0.15, -0.1) is 0 Å². The molecule has 2 heteroatoms. The fourth-order valence-electron chi connectivity index (χ4n) is 2.40. The number of rotatable bonds is 4. The molecule has 1 aliphatic rings. The first-order chi connectivity index (χ1) is 7.65. The first-order valence-electron chi connectivity index (χ1n) is 6.35. The molecule has 2 atom stereocenters. The van der Waals surface area contributed by atoms with Crippen molar-refractivity contribution >= 4 is 0 Å².